The number of nitrogens with zero attached hydrogens (tertiary/aromatic N) is 1. The van der Waals surface area contributed by atoms with Gasteiger partial charge in [-0.1, -0.05) is 6.07 Å². The average molecular weight is 225 g/mol. The number of carboxylic acid groups (broad SMARTS) is 1. The molecule has 15 heavy (non-hydrogen) atoms. The van der Waals surface area contributed by atoms with Crippen LogP contribution in [0.5, 0.6) is 0 Å². The number of halogens is 1. The number of imidazole rings is 1. The van der Waals surface area contributed by atoms with E-state index in [0.717, 1.165) is 11.1 Å². The molecule has 0 fully saturated rings. The monoisotopic (exact) mass is 224 g/mol. The number of hydrogen-bond donors (Lipinski definition) is 2. The van der Waals surface area contributed by atoms with Crippen molar-refractivity contribution in [3.63, 3.8) is 0 Å². The van der Waals surface area contributed by atoms with Crippen molar-refractivity contribution in [2.75, 3.05) is 0 Å². The van der Waals surface area contributed by atoms with E-state index < -0.39 is 5.97 Å². The van der Waals surface area contributed by atoms with Crippen LogP contribution in [0, 0.1) is 0 Å². The van der Waals surface area contributed by atoms with E-state index in [1.165, 1.54) is 0 Å². The van der Waals surface area contributed by atoms with Crippen LogP contribution in [0.15, 0.2) is 18.5 Å². The maximum absolute atomic E-state index is 10.7. The summed E-state index contributed by atoms with van der Waals surface area (Å²) in [6.45, 7) is 0. The molecule has 2 aromatic rings. The SMILES string of the molecule is O=C(O)Cc1c(CCl)ccc2[nH]cnc12. The van der Waals surface area contributed by atoms with E-state index in [2.05, 4.69) is 9.97 Å². The summed E-state index contributed by atoms with van der Waals surface area (Å²) in [7, 11) is 0. The number of benzene rings is 1. The number of carbonyl (C=O) groups is 1. The minimum absolute atomic E-state index is 0.0513. The zero-order valence-corrected chi connectivity index (χ0v) is 8.58. The molecule has 0 bridgehead atoms. The molecular formula is C10H9ClN2O2. The lowest BCUT2D eigenvalue weighted by atomic mass is 10.0. The molecule has 0 saturated carbocycles. The van der Waals surface area contributed by atoms with Crippen LogP contribution in [0.25, 0.3) is 11.0 Å². The van der Waals surface area contributed by atoms with Gasteiger partial charge in [0.25, 0.3) is 0 Å². The van der Waals surface area contributed by atoms with Crippen molar-refractivity contribution in [3.8, 4) is 0 Å². The van der Waals surface area contributed by atoms with Crippen molar-refractivity contribution >= 4 is 28.6 Å². The Hall–Kier alpha value is -1.55. The number of aromatic nitrogens is 2. The molecule has 1 aromatic carbocycles. The highest BCUT2D eigenvalue weighted by Gasteiger charge is 2.12. The van der Waals surface area contributed by atoms with Crippen molar-refractivity contribution in [3.05, 3.63) is 29.6 Å². The molecule has 2 rings (SSSR count). The van der Waals surface area contributed by atoms with Crippen molar-refractivity contribution in [2.24, 2.45) is 0 Å². The second-order valence-corrected chi connectivity index (χ2v) is 3.47. The van der Waals surface area contributed by atoms with Crippen LogP contribution in [0.1, 0.15) is 11.1 Å². The minimum atomic E-state index is -0.878. The summed E-state index contributed by atoms with van der Waals surface area (Å²) in [5.41, 5.74) is 3.03. The molecule has 0 saturated heterocycles. The summed E-state index contributed by atoms with van der Waals surface area (Å²) in [5, 5.41) is 8.80. The standard InChI is InChI=1S/C10H9ClN2O2/c11-4-6-1-2-8-10(13-5-12-8)7(6)3-9(14)15/h1-2,5H,3-4H2,(H,12,13)(H,14,15). The first kappa shape index (κ1) is 9.98. The number of aliphatic carboxylic acids is 1. The Balaban J connectivity index is 2.62. The molecular weight excluding hydrogens is 216 g/mol. The molecule has 0 atom stereocenters. The molecule has 2 N–H and O–H groups in total. The Labute approximate surface area is 90.9 Å². The molecule has 0 aliphatic heterocycles. The summed E-state index contributed by atoms with van der Waals surface area (Å²) in [6, 6.07) is 3.68. The number of nitrogens with one attached hydrogen (secondary N) is 1. The quantitative estimate of drug-likeness (QED) is 0.783. The highest BCUT2D eigenvalue weighted by atomic mass is 35.5. The van der Waals surface area contributed by atoms with Gasteiger partial charge in [0.15, 0.2) is 0 Å². The van der Waals surface area contributed by atoms with E-state index in [1.807, 2.05) is 12.1 Å². The molecule has 0 radical (unpaired) electrons. The van der Waals surface area contributed by atoms with Crippen LogP contribution in [0.3, 0.4) is 0 Å². The highest BCUT2D eigenvalue weighted by Crippen LogP contribution is 2.21. The number of carboxylic acids is 1. The zero-order valence-electron chi connectivity index (χ0n) is 7.83. The van der Waals surface area contributed by atoms with Gasteiger partial charge < -0.3 is 10.1 Å². The fourth-order valence-corrected chi connectivity index (χ4v) is 1.83. The lowest BCUT2D eigenvalue weighted by Gasteiger charge is -2.05. The molecule has 0 spiro atoms. The zero-order chi connectivity index (χ0) is 10.8. The molecule has 0 amide bonds. The summed E-state index contributed by atoms with van der Waals surface area (Å²) >= 11 is 5.75. The van der Waals surface area contributed by atoms with Crippen molar-refractivity contribution in [2.45, 2.75) is 12.3 Å². The summed E-state index contributed by atoms with van der Waals surface area (Å²) < 4.78 is 0. The minimum Gasteiger partial charge on any atom is -0.481 e. The predicted octanol–water partition coefficient (Wildman–Crippen LogP) is 1.93. The molecule has 0 unspecified atom stereocenters. The van der Waals surface area contributed by atoms with Gasteiger partial charge in [0.05, 0.1) is 23.8 Å². The molecule has 78 valence electrons. The maximum Gasteiger partial charge on any atom is 0.307 e. The number of H-pyrrole nitrogens is 1. The molecule has 1 aromatic heterocycles. The predicted molar refractivity (Wildman–Crippen MR) is 57.0 cm³/mol. The van der Waals surface area contributed by atoms with Crippen LogP contribution >= 0.6 is 11.6 Å². The number of hydrogen-bond acceptors (Lipinski definition) is 2. The third-order valence-corrected chi connectivity index (χ3v) is 2.55. The molecule has 1 heterocycles. The maximum atomic E-state index is 10.7. The fraction of sp³-hybridized carbons (Fsp3) is 0.200. The first-order chi connectivity index (χ1) is 7.22. The molecule has 5 heteroatoms. The number of aromatic amines is 1. The Bertz CT molecular complexity index is 507. The summed E-state index contributed by atoms with van der Waals surface area (Å²) in [4.78, 5) is 17.8. The Morgan fingerprint density at radius 2 is 2.33 bits per heavy atom. The van der Waals surface area contributed by atoms with Gasteiger partial charge in [0.1, 0.15) is 0 Å². The first-order valence-corrected chi connectivity index (χ1v) is 4.97. The van der Waals surface area contributed by atoms with Gasteiger partial charge in [-0.25, -0.2) is 4.98 Å². The van der Waals surface area contributed by atoms with Crippen LogP contribution in [0.4, 0.5) is 0 Å². The van der Waals surface area contributed by atoms with E-state index in [4.69, 9.17) is 16.7 Å². The molecule has 4 nitrogen and oxygen atoms in total. The Kier molecular flexibility index (Phi) is 2.60. The van der Waals surface area contributed by atoms with Crippen LogP contribution in [-0.4, -0.2) is 21.0 Å². The van der Waals surface area contributed by atoms with Crippen LogP contribution < -0.4 is 0 Å². The summed E-state index contributed by atoms with van der Waals surface area (Å²) in [6.07, 6.45) is 1.50. The Morgan fingerprint density at radius 3 is 3.00 bits per heavy atom. The third kappa shape index (κ3) is 1.80. The van der Waals surface area contributed by atoms with Gasteiger partial charge >= 0.3 is 5.97 Å². The van der Waals surface area contributed by atoms with Crippen molar-refractivity contribution in [1.82, 2.24) is 9.97 Å². The van der Waals surface area contributed by atoms with Gasteiger partial charge in [-0.2, -0.15) is 0 Å². The lowest BCUT2D eigenvalue weighted by Crippen LogP contribution is -2.03. The van der Waals surface area contributed by atoms with Gasteiger partial charge in [0, 0.05) is 5.88 Å². The smallest absolute Gasteiger partial charge is 0.307 e. The van der Waals surface area contributed by atoms with E-state index >= 15 is 0 Å². The average Bonchev–Trinajstić information content (AvgIpc) is 2.65. The largest absolute Gasteiger partial charge is 0.481 e. The summed E-state index contributed by atoms with van der Waals surface area (Å²) in [5.74, 6) is -0.581. The molecule has 0 aliphatic carbocycles. The van der Waals surface area contributed by atoms with Gasteiger partial charge in [-0.3, -0.25) is 4.79 Å². The van der Waals surface area contributed by atoms with Crippen LogP contribution in [0.2, 0.25) is 0 Å². The Morgan fingerprint density at radius 1 is 1.53 bits per heavy atom. The number of fused-ring (bicyclic) bond motifs is 1. The second-order valence-electron chi connectivity index (χ2n) is 3.21. The van der Waals surface area contributed by atoms with E-state index in [9.17, 15) is 4.79 Å². The second kappa shape index (κ2) is 3.90. The van der Waals surface area contributed by atoms with Crippen LogP contribution in [-0.2, 0) is 17.1 Å². The highest BCUT2D eigenvalue weighted by molar-refractivity contribution is 6.17. The van der Waals surface area contributed by atoms with Gasteiger partial charge in [-0.15, -0.1) is 11.6 Å². The van der Waals surface area contributed by atoms with E-state index in [0.29, 0.717) is 17.0 Å². The van der Waals surface area contributed by atoms with Gasteiger partial charge in [-0.05, 0) is 17.2 Å². The third-order valence-electron chi connectivity index (χ3n) is 2.27. The van der Waals surface area contributed by atoms with Crippen molar-refractivity contribution < 1.29 is 9.90 Å². The van der Waals surface area contributed by atoms with Crippen molar-refractivity contribution in [1.29, 1.82) is 0 Å². The topological polar surface area (TPSA) is 66.0 Å². The van der Waals surface area contributed by atoms with E-state index in [1.54, 1.807) is 6.33 Å². The van der Waals surface area contributed by atoms with E-state index in [-0.39, 0.29) is 6.42 Å². The fourth-order valence-electron chi connectivity index (χ4n) is 1.58. The lowest BCUT2D eigenvalue weighted by molar-refractivity contribution is -0.136. The molecule has 0 aliphatic rings. The number of alkyl halides is 1. The van der Waals surface area contributed by atoms with Gasteiger partial charge in [0.2, 0.25) is 0 Å². The normalized spacial score (nSPS) is 10.7. The number of rotatable bonds is 3. The first-order valence-electron chi connectivity index (χ1n) is 4.44.